The predicted octanol–water partition coefficient (Wildman–Crippen LogP) is 6.19. The molecule has 198 valence electrons. The second kappa shape index (κ2) is 9.96. The molecule has 0 saturated carbocycles. The highest BCUT2D eigenvalue weighted by Crippen LogP contribution is 2.41. The van der Waals surface area contributed by atoms with Gasteiger partial charge >= 0.3 is 0 Å². The fraction of sp³-hybridized carbons (Fsp3) is 0.310. The molecular weight excluding hydrogens is 510 g/mol. The number of rotatable bonds is 5. The van der Waals surface area contributed by atoms with Crippen LogP contribution in [-0.4, -0.2) is 33.6 Å². The van der Waals surface area contributed by atoms with Crippen molar-refractivity contribution in [3.63, 3.8) is 0 Å². The number of carbonyl (C=O) groups is 1. The van der Waals surface area contributed by atoms with Crippen LogP contribution in [0.1, 0.15) is 48.3 Å². The zero-order valence-corrected chi connectivity index (χ0v) is 22.2. The number of pyridine rings is 1. The Morgan fingerprint density at radius 3 is 2.39 bits per heavy atom. The molecule has 0 unspecified atom stereocenters. The third kappa shape index (κ3) is 4.96. The molecule has 1 saturated heterocycles. The van der Waals surface area contributed by atoms with Gasteiger partial charge in [-0.3, -0.25) is 9.59 Å². The standard InChI is InChI=1S/C29H28F2N2O4S/c1-29(2,36)17-7-9-23(37-24-10-8-18(30)14-22(24)31)19(13-17)21-16-32(3)28(35)26-20(21)15-25(38-26)27(34)33-11-5-4-6-12-33/h7-10,13-16,36H,4-6,11-12H2,1-3H3. The maximum atomic E-state index is 14.5. The number of ether oxygens (including phenoxy) is 1. The molecule has 5 rings (SSSR count). The maximum Gasteiger partial charge on any atom is 0.268 e. The molecule has 0 bridgehead atoms. The van der Waals surface area contributed by atoms with Gasteiger partial charge in [0.1, 0.15) is 16.3 Å². The van der Waals surface area contributed by atoms with Crippen LogP contribution in [0.3, 0.4) is 0 Å². The third-order valence-electron chi connectivity index (χ3n) is 6.80. The molecule has 1 N–H and O–H groups in total. The van der Waals surface area contributed by atoms with E-state index in [-0.39, 0.29) is 23.0 Å². The summed E-state index contributed by atoms with van der Waals surface area (Å²) < 4.78 is 35.7. The Morgan fingerprint density at radius 1 is 1.00 bits per heavy atom. The first-order valence-electron chi connectivity index (χ1n) is 12.5. The van der Waals surface area contributed by atoms with Gasteiger partial charge in [-0.05, 0) is 69.0 Å². The molecule has 1 amide bonds. The monoisotopic (exact) mass is 538 g/mol. The Kier molecular flexibility index (Phi) is 6.83. The van der Waals surface area contributed by atoms with E-state index in [1.807, 2.05) is 4.90 Å². The Balaban J connectivity index is 1.70. The molecule has 1 fully saturated rings. The predicted molar refractivity (Wildman–Crippen MR) is 144 cm³/mol. The minimum absolute atomic E-state index is 0.103. The number of benzene rings is 2. The molecule has 9 heteroatoms. The van der Waals surface area contributed by atoms with Crippen LogP contribution >= 0.6 is 11.3 Å². The van der Waals surface area contributed by atoms with Crippen molar-refractivity contribution in [1.82, 2.24) is 9.47 Å². The van der Waals surface area contributed by atoms with Gasteiger partial charge < -0.3 is 19.3 Å². The molecule has 38 heavy (non-hydrogen) atoms. The topological polar surface area (TPSA) is 71.8 Å². The van der Waals surface area contributed by atoms with Crippen LogP contribution in [0.2, 0.25) is 0 Å². The Labute approximate surface area is 222 Å². The van der Waals surface area contributed by atoms with E-state index in [0.717, 1.165) is 42.7 Å². The zero-order chi connectivity index (χ0) is 27.2. The highest BCUT2D eigenvalue weighted by molar-refractivity contribution is 7.20. The molecular formula is C29H28F2N2O4S. The highest BCUT2D eigenvalue weighted by Gasteiger charge is 2.25. The lowest BCUT2D eigenvalue weighted by atomic mass is 9.93. The number of nitrogens with zero attached hydrogens (tertiary/aromatic N) is 2. The Bertz CT molecular complexity index is 1600. The van der Waals surface area contributed by atoms with E-state index in [9.17, 15) is 23.5 Å². The van der Waals surface area contributed by atoms with Crippen molar-refractivity contribution in [3.8, 4) is 22.6 Å². The summed E-state index contributed by atoms with van der Waals surface area (Å²) in [6.07, 6.45) is 4.64. The smallest absolute Gasteiger partial charge is 0.268 e. The summed E-state index contributed by atoms with van der Waals surface area (Å²) in [5.74, 6) is -1.61. The molecule has 0 atom stereocenters. The molecule has 1 aliphatic rings. The highest BCUT2D eigenvalue weighted by atomic mass is 32.1. The molecule has 4 aromatic rings. The van der Waals surface area contributed by atoms with Crippen molar-refractivity contribution in [3.05, 3.63) is 81.1 Å². The summed E-state index contributed by atoms with van der Waals surface area (Å²) in [5.41, 5.74) is 0.208. The molecule has 2 aromatic heterocycles. The average molecular weight is 539 g/mol. The van der Waals surface area contributed by atoms with Crippen LogP contribution in [0.15, 0.2) is 53.5 Å². The van der Waals surface area contributed by atoms with E-state index in [1.165, 1.54) is 10.6 Å². The lowest BCUT2D eigenvalue weighted by Gasteiger charge is -2.26. The summed E-state index contributed by atoms with van der Waals surface area (Å²) in [5, 5.41) is 11.3. The van der Waals surface area contributed by atoms with Gasteiger partial charge in [0.2, 0.25) is 0 Å². The molecule has 1 aliphatic heterocycles. The fourth-order valence-electron chi connectivity index (χ4n) is 4.69. The fourth-order valence-corrected chi connectivity index (χ4v) is 5.81. The zero-order valence-electron chi connectivity index (χ0n) is 21.4. The normalized spacial score (nSPS) is 14.2. The number of halogens is 2. The van der Waals surface area contributed by atoms with E-state index in [4.69, 9.17) is 4.74 Å². The van der Waals surface area contributed by atoms with Gasteiger partial charge in [-0.15, -0.1) is 11.3 Å². The van der Waals surface area contributed by atoms with Crippen molar-refractivity contribution in [2.24, 2.45) is 7.05 Å². The number of hydrogen-bond donors (Lipinski definition) is 1. The number of aliphatic hydroxyl groups is 1. The van der Waals surface area contributed by atoms with Gasteiger partial charge in [-0.2, -0.15) is 0 Å². The van der Waals surface area contributed by atoms with E-state index < -0.39 is 17.2 Å². The van der Waals surface area contributed by atoms with Gasteiger partial charge in [-0.1, -0.05) is 6.07 Å². The van der Waals surface area contributed by atoms with Gasteiger partial charge in [0.15, 0.2) is 11.6 Å². The Morgan fingerprint density at radius 2 is 1.71 bits per heavy atom. The largest absolute Gasteiger partial charge is 0.454 e. The molecule has 2 aromatic carbocycles. The lowest BCUT2D eigenvalue weighted by Crippen LogP contribution is -2.35. The number of carbonyl (C=O) groups excluding carboxylic acids is 1. The summed E-state index contributed by atoms with van der Waals surface area (Å²) in [6, 6.07) is 9.76. The summed E-state index contributed by atoms with van der Waals surface area (Å²) in [4.78, 5) is 28.7. The minimum Gasteiger partial charge on any atom is -0.454 e. The van der Waals surface area contributed by atoms with Gasteiger partial charge in [-0.25, -0.2) is 8.78 Å². The number of aromatic nitrogens is 1. The molecule has 3 heterocycles. The molecule has 0 aliphatic carbocycles. The van der Waals surface area contributed by atoms with Crippen LogP contribution < -0.4 is 10.3 Å². The molecule has 0 spiro atoms. The number of aryl methyl sites for hydroxylation is 1. The van der Waals surface area contributed by atoms with Gasteiger partial charge in [0.05, 0.1) is 10.5 Å². The first kappa shape index (κ1) is 26.1. The van der Waals surface area contributed by atoms with Crippen molar-refractivity contribution in [2.45, 2.75) is 38.7 Å². The summed E-state index contributed by atoms with van der Waals surface area (Å²) in [6.45, 7) is 4.66. The minimum atomic E-state index is -1.20. The molecule has 6 nitrogen and oxygen atoms in total. The maximum absolute atomic E-state index is 14.5. The van der Waals surface area contributed by atoms with E-state index in [0.29, 0.717) is 44.7 Å². The first-order valence-corrected chi connectivity index (χ1v) is 13.3. The number of likely N-dealkylation sites (tertiary alicyclic amines) is 1. The lowest BCUT2D eigenvalue weighted by molar-refractivity contribution is 0.0728. The second-order valence-electron chi connectivity index (χ2n) is 10.1. The van der Waals surface area contributed by atoms with Crippen LogP contribution in [-0.2, 0) is 12.6 Å². The van der Waals surface area contributed by atoms with Crippen molar-refractivity contribution in [1.29, 1.82) is 0 Å². The first-order chi connectivity index (χ1) is 18.0. The number of piperidine rings is 1. The van der Waals surface area contributed by atoms with Crippen LogP contribution in [0.4, 0.5) is 8.78 Å². The number of fused-ring (bicyclic) bond motifs is 1. The summed E-state index contributed by atoms with van der Waals surface area (Å²) in [7, 11) is 1.62. The van der Waals surface area contributed by atoms with Crippen LogP contribution in [0, 0.1) is 11.6 Å². The quantitative estimate of drug-likeness (QED) is 0.329. The molecule has 0 radical (unpaired) electrons. The van der Waals surface area contributed by atoms with Gasteiger partial charge in [0.25, 0.3) is 11.5 Å². The van der Waals surface area contributed by atoms with E-state index >= 15 is 0 Å². The van der Waals surface area contributed by atoms with Crippen LogP contribution in [0.25, 0.3) is 21.2 Å². The average Bonchev–Trinajstić information content (AvgIpc) is 3.33. The van der Waals surface area contributed by atoms with Crippen molar-refractivity contribution in [2.75, 3.05) is 13.1 Å². The van der Waals surface area contributed by atoms with Crippen LogP contribution in [0.5, 0.6) is 11.5 Å². The van der Waals surface area contributed by atoms with E-state index in [1.54, 1.807) is 51.4 Å². The van der Waals surface area contributed by atoms with Crippen molar-refractivity contribution >= 4 is 27.3 Å². The number of amides is 1. The number of thiophene rings is 1. The van der Waals surface area contributed by atoms with Crippen molar-refractivity contribution < 1.29 is 23.4 Å². The third-order valence-corrected chi connectivity index (χ3v) is 7.91. The summed E-state index contributed by atoms with van der Waals surface area (Å²) >= 11 is 1.16. The Hall–Kier alpha value is -3.56. The number of hydrogen-bond acceptors (Lipinski definition) is 5. The SMILES string of the molecule is Cn1cc(-c2cc(C(C)(C)O)ccc2Oc2ccc(F)cc2F)c2cc(C(=O)N3CCCCC3)sc2c1=O. The van der Waals surface area contributed by atoms with E-state index in [2.05, 4.69) is 0 Å². The van der Waals surface area contributed by atoms with Gasteiger partial charge in [0, 0.05) is 48.9 Å². The second-order valence-corrected chi connectivity index (χ2v) is 11.2.